The first-order valence-electron chi connectivity index (χ1n) is 6.29. The van der Waals surface area contributed by atoms with Gasteiger partial charge in [-0.15, -0.1) is 12.4 Å². The summed E-state index contributed by atoms with van der Waals surface area (Å²) in [5.74, 6) is 1.19. The zero-order valence-electron chi connectivity index (χ0n) is 9.78. The van der Waals surface area contributed by atoms with E-state index in [1.165, 1.54) is 19.3 Å². The zero-order chi connectivity index (χ0) is 10.7. The van der Waals surface area contributed by atoms with E-state index in [9.17, 15) is 4.79 Å². The number of carbonyl (C=O) groups is 1. The molecule has 0 aromatic heterocycles. The molecule has 0 aromatic carbocycles. The zero-order valence-corrected chi connectivity index (χ0v) is 10.6. The summed E-state index contributed by atoms with van der Waals surface area (Å²) in [5, 5.41) is 3.08. The predicted molar refractivity (Wildman–Crippen MR) is 67.5 cm³/mol. The van der Waals surface area contributed by atoms with Gasteiger partial charge < -0.3 is 11.1 Å². The van der Waals surface area contributed by atoms with Crippen LogP contribution in [0.5, 0.6) is 0 Å². The van der Waals surface area contributed by atoms with Gasteiger partial charge in [-0.25, -0.2) is 0 Å². The lowest BCUT2D eigenvalue weighted by atomic mass is 9.84. The predicted octanol–water partition coefficient (Wildman–Crippen LogP) is 1.84. The third kappa shape index (κ3) is 3.63. The van der Waals surface area contributed by atoms with Gasteiger partial charge in [0.2, 0.25) is 5.91 Å². The number of nitrogens with two attached hydrogens (primary N) is 1. The number of amides is 1. The molecule has 0 spiro atoms. The lowest BCUT2D eigenvalue weighted by Gasteiger charge is -2.29. The van der Waals surface area contributed by atoms with Crippen LogP contribution in [0.1, 0.15) is 44.9 Å². The van der Waals surface area contributed by atoms with Gasteiger partial charge in [0.25, 0.3) is 0 Å². The van der Waals surface area contributed by atoms with E-state index in [1.54, 1.807) is 0 Å². The Hall–Kier alpha value is -0.280. The Bertz CT molecular complexity index is 231. The summed E-state index contributed by atoms with van der Waals surface area (Å²) in [6, 6.07) is 0.248. The van der Waals surface area contributed by atoms with E-state index in [0.717, 1.165) is 38.1 Å². The van der Waals surface area contributed by atoms with Crippen molar-refractivity contribution in [1.29, 1.82) is 0 Å². The van der Waals surface area contributed by atoms with Gasteiger partial charge in [0.15, 0.2) is 0 Å². The van der Waals surface area contributed by atoms with Crippen molar-refractivity contribution < 1.29 is 4.79 Å². The third-order valence-corrected chi connectivity index (χ3v) is 3.88. The van der Waals surface area contributed by atoms with Gasteiger partial charge in [-0.05, 0) is 38.0 Å². The summed E-state index contributed by atoms with van der Waals surface area (Å²) in [6.07, 6.45) is 8.06. The van der Waals surface area contributed by atoms with Crippen LogP contribution in [0.25, 0.3) is 0 Å². The molecule has 1 amide bonds. The van der Waals surface area contributed by atoms with E-state index in [-0.39, 0.29) is 30.3 Å². The van der Waals surface area contributed by atoms with Crippen LogP contribution in [0.4, 0.5) is 0 Å². The molecule has 0 bridgehead atoms. The molecule has 2 aliphatic carbocycles. The van der Waals surface area contributed by atoms with Gasteiger partial charge in [0.1, 0.15) is 0 Å². The molecule has 16 heavy (non-hydrogen) atoms. The molecule has 2 atom stereocenters. The lowest BCUT2D eigenvalue weighted by molar-refractivity contribution is -0.126. The maximum Gasteiger partial charge on any atom is 0.223 e. The highest BCUT2D eigenvalue weighted by atomic mass is 35.5. The Labute approximate surface area is 104 Å². The Morgan fingerprint density at radius 3 is 2.44 bits per heavy atom. The first-order chi connectivity index (χ1) is 7.25. The first kappa shape index (κ1) is 13.8. The molecule has 2 fully saturated rings. The molecule has 0 aliphatic heterocycles. The Balaban J connectivity index is 0.00000128. The standard InChI is InChI=1S/C12H22N2O.ClH/c13-11-6-2-5-10(7-11)12(15)14-8-9-3-1-4-9;/h9-11H,1-8,13H2,(H,14,15);1H. The Morgan fingerprint density at radius 2 is 1.88 bits per heavy atom. The summed E-state index contributed by atoms with van der Waals surface area (Å²) in [5.41, 5.74) is 5.88. The maximum atomic E-state index is 11.8. The summed E-state index contributed by atoms with van der Waals surface area (Å²) >= 11 is 0. The quantitative estimate of drug-likeness (QED) is 0.799. The van der Waals surface area contributed by atoms with Crippen molar-refractivity contribution in [2.75, 3.05) is 6.54 Å². The van der Waals surface area contributed by atoms with Crippen molar-refractivity contribution in [3.63, 3.8) is 0 Å². The SMILES string of the molecule is Cl.NC1CCCC(C(=O)NCC2CCC2)C1. The molecule has 0 saturated heterocycles. The molecule has 3 nitrogen and oxygen atoms in total. The number of hydrogen-bond acceptors (Lipinski definition) is 2. The molecule has 2 aliphatic rings. The highest BCUT2D eigenvalue weighted by molar-refractivity contribution is 5.85. The molecule has 3 N–H and O–H groups in total. The topological polar surface area (TPSA) is 55.1 Å². The third-order valence-electron chi connectivity index (χ3n) is 3.88. The van der Waals surface area contributed by atoms with Gasteiger partial charge >= 0.3 is 0 Å². The van der Waals surface area contributed by atoms with Crippen LogP contribution in [0, 0.1) is 11.8 Å². The summed E-state index contributed by atoms with van der Waals surface area (Å²) in [6.45, 7) is 0.893. The lowest BCUT2D eigenvalue weighted by Crippen LogP contribution is -2.40. The van der Waals surface area contributed by atoms with Gasteiger partial charge in [0, 0.05) is 18.5 Å². The van der Waals surface area contributed by atoms with Crippen LogP contribution in [-0.2, 0) is 4.79 Å². The second kappa shape index (κ2) is 6.45. The average molecular weight is 247 g/mol. The summed E-state index contributed by atoms with van der Waals surface area (Å²) in [7, 11) is 0. The van der Waals surface area contributed by atoms with Crippen molar-refractivity contribution >= 4 is 18.3 Å². The second-order valence-electron chi connectivity index (χ2n) is 5.17. The van der Waals surface area contributed by atoms with Crippen molar-refractivity contribution in [2.24, 2.45) is 17.6 Å². The van der Waals surface area contributed by atoms with Crippen molar-refractivity contribution in [3.8, 4) is 0 Å². The van der Waals surface area contributed by atoms with Crippen LogP contribution < -0.4 is 11.1 Å². The Morgan fingerprint density at radius 1 is 1.19 bits per heavy atom. The van der Waals surface area contributed by atoms with E-state index < -0.39 is 0 Å². The molecule has 94 valence electrons. The molecule has 2 rings (SSSR count). The van der Waals surface area contributed by atoms with Crippen LogP contribution in [0.15, 0.2) is 0 Å². The minimum atomic E-state index is 0. The molecule has 0 aromatic rings. The van der Waals surface area contributed by atoms with E-state index in [2.05, 4.69) is 5.32 Å². The molecule has 0 radical (unpaired) electrons. The van der Waals surface area contributed by atoms with Gasteiger partial charge in [-0.1, -0.05) is 12.8 Å². The average Bonchev–Trinajstić information content (AvgIpc) is 2.15. The fourth-order valence-corrected chi connectivity index (χ4v) is 2.55. The number of halogens is 1. The van der Waals surface area contributed by atoms with E-state index in [1.807, 2.05) is 0 Å². The van der Waals surface area contributed by atoms with Crippen molar-refractivity contribution in [2.45, 2.75) is 51.0 Å². The number of rotatable bonds is 3. The smallest absolute Gasteiger partial charge is 0.223 e. The van der Waals surface area contributed by atoms with Crippen molar-refractivity contribution in [1.82, 2.24) is 5.32 Å². The van der Waals surface area contributed by atoms with Gasteiger partial charge in [-0.3, -0.25) is 4.79 Å². The number of carbonyl (C=O) groups excluding carboxylic acids is 1. The van der Waals surface area contributed by atoms with Crippen LogP contribution in [0.3, 0.4) is 0 Å². The fourth-order valence-electron chi connectivity index (χ4n) is 2.55. The van der Waals surface area contributed by atoms with Gasteiger partial charge in [-0.2, -0.15) is 0 Å². The fraction of sp³-hybridized carbons (Fsp3) is 0.917. The molecule has 2 saturated carbocycles. The monoisotopic (exact) mass is 246 g/mol. The van der Waals surface area contributed by atoms with Crippen LogP contribution >= 0.6 is 12.4 Å². The van der Waals surface area contributed by atoms with Crippen LogP contribution in [0.2, 0.25) is 0 Å². The molecule has 4 heteroatoms. The van der Waals surface area contributed by atoms with Crippen LogP contribution in [-0.4, -0.2) is 18.5 Å². The Kier molecular flexibility index (Phi) is 5.56. The largest absolute Gasteiger partial charge is 0.356 e. The minimum Gasteiger partial charge on any atom is -0.356 e. The molecular formula is C12H23ClN2O. The number of hydrogen-bond donors (Lipinski definition) is 2. The van der Waals surface area contributed by atoms with E-state index in [0.29, 0.717) is 0 Å². The summed E-state index contributed by atoms with van der Waals surface area (Å²) in [4.78, 5) is 11.8. The molecule has 0 heterocycles. The van der Waals surface area contributed by atoms with E-state index in [4.69, 9.17) is 5.73 Å². The van der Waals surface area contributed by atoms with Gasteiger partial charge in [0.05, 0.1) is 0 Å². The van der Waals surface area contributed by atoms with E-state index >= 15 is 0 Å². The highest BCUT2D eigenvalue weighted by Crippen LogP contribution is 2.26. The summed E-state index contributed by atoms with van der Waals surface area (Å²) < 4.78 is 0. The van der Waals surface area contributed by atoms with Crippen molar-refractivity contribution in [3.05, 3.63) is 0 Å². The molecular weight excluding hydrogens is 224 g/mol. The minimum absolute atomic E-state index is 0. The second-order valence-corrected chi connectivity index (χ2v) is 5.17. The maximum absolute atomic E-state index is 11.8. The number of nitrogens with one attached hydrogen (secondary N) is 1. The first-order valence-corrected chi connectivity index (χ1v) is 6.29. The normalized spacial score (nSPS) is 30.1. The highest BCUT2D eigenvalue weighted by Gasteiger charge is 2.26. The molecule has 2 unspecified atom stereocenters.